The summed E-state index contributed by atoms with van der Waals surface area (Å²) < 4.78 is 35.7. The maximum Gasteiger partial charge on any atom is 0.410 e. The lowest BCUT2D eigenvalue weighted by Gasteiger charge is -2.32. The van der Waals surface area contributed by atoms with Gasteiger partial charge in [-0.3, -0.25) is 14.5 Å². The number of carbonyl (C=O) groups is 1. The fraction of sp³-hybridized carbons (Fsp3) is 0.310. The van der Waals surface area contributed by atoms with Crippen LogP contribution in [0.5, 0.6) is 0 Å². The van der Waals surface area contributed by atoms with Crippen molar-refractivity contribution >= 4 is 23.3 Å². The van der Waals surface area contributed by atoms with E-state index in [1.165, 1.54) is 6.07 Å². The molecule has 1 saturated heterocycles. The van der Waals surface area contributed by atoms with Gasteiger partial charge in [-0.05, 0) is 61.9 Å². The molecule has 1 aromatic carbocycles. The van der Waals surface area contributed by atoms with Crippen molar-refractivity contribution < 1.29 is 18.3 Å². The lowest BCUT2D eigenvalue weighted by atomic mass is 10.0. The second-order valence-electron chi connectivity index (χ2n) is 9.97. The maximum atomic E-state index is 14.3. The largest absolute Gasteiger partial charge is 0.440 e. The summed E-state index contributed by atoms with van der Waals surface area (Å²) in [4.78, 5) is 38.9. The molecule has 4 heterocycles. The van der Waals surface area contributed by atoms with Gasteiger partial charge in [-0.1, -0.05) is 29.8 Å². The molecule has 0 radical (unpaired) electrons. The number of fused-ring (bicyclic) bond motifs is 2. The first-order valence-corrected chi connectivity index (χ1v) is 13.1. The van der Waals surface area contributed by atoms with E-state index in [2.05, 4.69) is 15.0 Å². The van der Waals surface area contributed by atoms with E-state index in [1.54, 1.807) is 40.1 Å². The highest BCUT2D eigenvalue weighted by Crippen LogP contribution is 2.34. The van der Waals surface area contributed by atoms with E-state index in [-0.39, 0.29) is 17.3 Å². The summed E-state index contributed by atoms with van der Waals surface area (Å²) in [5.41, 5.74) is 3.78. The number of aromatic nitrogens is 4. The number of hydrogen-bond donors (Lipinski definition) is 1. The molecule has 1 N–H and O–H groups in total. The molecule has 1 aliphatic heterocycles. The van der Waals surface area contributed by atoms with Crippen LogP contribution in [0.15, 0.2) is 65.2 Å². The van der Waals surface area contributed by atoms with Crippen LogP contribution in [0.2, 0.25) is 0 Å². The lowest BCUT2D eigenvalue weighted by Crippen LogP contribution is -2.41. The highest BCUT2D eigenvalue weighted by molar-refractivity contribution is 5.70. The van der Waals surface area contributed by atoms with E-state index in [4.69, 9.17) is 4.74 Å². The number of benzene rings is 1. The fourth-order valence-electron chi connectivity index (χ4n) is 5.59. The normalized spacial score (nSPS) is 19.2. The van der Waals surface area contributed by atoms with Gasteiger partial charge in [0, 0.05) is 37.1 Å². The summed E-state index contributed by atoms with van der Waals surface area (Å²) in [7, 11) is 0. The molecule has 0 bridgehead atoms. The second-order valence-corrected chi connectivity index (χ2v) is 9.97. The van der Waals surface area contributed by atoms with Crippen molar-refractivity contribution in [2.45, 2.75) is 44.2 Å². The van der Waals surface area contributed by atoms with Crippen LogP contribution in [0.25, 0.3) is 17.2 Å². The molecule has 3 aromatic heterocycles. The van der Waals surface area contributed by atoms with Crippen molar-refractivity contribution in [3.05, 3.63) is 99.4 Å². The minimum atomic E-state index is -0.887. The van der Waals surface area contributed by atoms with Gasteiger partial charge < -0.3 is 9.64 Å². The van der Waals surface area contributed by atoms with E-state index in [0.29, 0.717) is 56.5 Å². The van der Waals surface area contributed by atoms with Crippen molar-refractivity contribution in [3.63, 3.8) is 0 Å². The Morgan fingerprint density at radius 3 is 2.67 bits per heavy atom. The molecule has 39 heavy (non-hydrogen) atoms. The summed E-state index contributed by atoms with van der Waals surface area (Å²) in [5, 5.41) is 0. The number of nitrogens with zero attached hydrogens (tertiary/aromatic N) is 4. The van der Waals surface area contributed by atoms with Crippen LogP contribution in [0.1, 0.15) is 54.6 Å². The smallest absolute Gasteiger partial charge is 0.410 e. The number of halogens is 2. The molecule has 200 valence electrons. The SMILES string of the molecule is O=C(OC1CCC(=Cc2cccc(F)c2F)Cc2cccnc21)N1CCC(n2c(=O)[nH]c3ncccc32)CC1. The highest BCUT2D eigenvalue weighted by Gasteiger charge is 2.31. The monoisotopic (exact) mass is 531 g/mol. The number of H-pyrrole nitrogens is 1. The van der Waals surface area contributed by atoms with Crippen molar-refractivity contribution in [2.75, 3.05) is 13.1 Å². The predicted octanol–water partition coefficient (Wildman–Crippen LogP) is 5.33. The number of carbonyl (C=O) groups excluding carboxylic acids is 1. The number of aromatic amines is 1. The Morgan fingerprint density at radius 2 is 1.82 bits per heavy atom. The van der Waals surface area contributed by atoms with Gasteiger partial charge in [-0.2, -0.15) is 0 Å². The first kappa shape index (κ1) is 25.0. The number of pyridine rings is 2. The molecule has 2 aliphatic rings. The van der Waals surface area contributed by atoms with E-state index in [0.717, 1.165) is 22.7 Å². The van der Waals surface area contributed by atoms with Crippen LogP contribution in [0, 0.1) is 11.6 Å². The summed E-state index contributed by atoms with van der Waals surface area (Å²) in [5.74, 6) is -1.76. The molecule has 1 aliphatic carbocycles. The molecule has 10 heteroatoms. The first-order valence-electron chi connectivity index (χ1n) is 13.1. The summed E-state index contributed by atoms with van der Waals surface area (Å²) >= 11 is 0. The van der Waals surface area contributed by atoms with Gasteiger partial charge in [-0.25, -0.2) is 23.4 Å². The number of hydrogen-bond acceptors (Lipinski definition) is 5. The van der Waals surface area contributed by atoms with Crippen LogP contribution >= 0.6 is 0 Å². The van der Waals surface area contributed by atoms with Gasteiger partial charge in [-0.15, -0.1) is 0 Å². The van der Waals surface area contributed by atoms with Gasteiger partial charge in [0.25, 0.3) is 0 Å². The third-order valence-electron chi connectivity index (χ3n) is 7.54. The van der Waals surface area contributed by atoms with Crippen LogP contribution < -0.4 is 5.69 Å². The molecule has 8 nitrogen and oxygen atoms in total. The van der Waals surface area contributed by atoms with Crippen LogP contribution in [0.4, 0.5) is 13.6 Å². The molecular formula is C29H27F2N5O3. The third kappa shape index (κ3) is 4.94. The number of piperidine rings is 1. The molecule has 1 amide bonds. The molecule has 6 rings (SSSR count). The Labute approximate surface area is 223 Å². The van der Waals surface area contributed by atoms with E-state index >= 15 is 0 Å². The van der Waals surface area contributed by atoms with Gasteiger partial charge in [0.1, 0.15) is 6.10 Å². The van der Waals surface area contributed by atoms with E-state index in [9.17, 15) is 18.4 Å². The Bertz CT molecular complexity index is 1620. The number of amides is 1. The van der Waals surface area contributed by atoms with Crippen molar-refractivity contribution in [2.24, 2.45) is 0 Å². The van der Waals surface area contributed by atoms with Gasteiger partial charge in [0.05, 0.1) is 11.2 Å². The zero-order valence-electron chi connectivity index (χ0n) is 21.1. The van der Waals surface area contributed by atoms with Gasteiger partial charge in [0.2, 0.25) is 0 Å². The quantitative estimate of drug-likeness (QED) is 0.361. The van der Waals surface area contributed by atoms with Gasteiger partial charge >= 0.3 is 11.8 Å². The second kappa shape index (κ2) is 10.4. The first-order chi connectivity index (χ1) is 19.0. The number of rotatable bonds is 3. The van der Waals surface area contributed by atoms with E-state index < -0.39 is 23.8 Å². The van der Waals surface area contributed by atoms with Crippen molar-refractivity contribution in [1.82, 2.24) is 24.4 Å². The number of nitrogens with one attached hydrogen (secondary N) is 1. The Hall–Kier alpha value is -4.34. The fourth-order valence-corrected chi connectivity index (χ4v) is 5.59. The standard InChI is InChI=1S/C29H27F2N5O3/c30-22-6-1-4-19(25(22)31)16-18-8-9-24(26-20(17-18)5-2-12-32-26)39-29(38)35-14-10-21(11-15-35)36-23-7-3-13-33-27(23)34-28(36)37/h1-7,12-13,16,21,24H,8-11,14-15,17H2,(H,33,34,37). The minimum Gasteiger partial charge on any atom is -0.440 e. The van der Waals surface area contributed by atoms with Crippen LogP contribution in [-0.4, -0.2) is 43.6 Å². The third-order valence-corrected chi connectivity index (χ3v) is 7.54. The molecule has 1 atom stereocenters. The molecule has 4 aromatic rings. The average Bonchev–Trinajstić information content (AvgIpc) is 3.19. The van der Waals surface area contributed by atoms with Crippen LogP contribution in [0.3, 0.4) is 0 Å². The zero-order valence-corrected chi connectivity index (χ0v) is 21.1. The summed E-state index contributed by atoms with van der Waals surface area (Å²) in [6, 6.07) is 11.5. The predicted molar refractivity (Wildman–Crippen MR) is 141 cm³/mol. The Kier molecular flexibility index (Phi) is 6.68. The molecule has 1 fully saturated rings. The van der Waals surface area contributed by atoms with Crippen molar-refractivity contribution in [1.29, 1.82) is 0 Å². The number of allylic oxidation sites excluding steroid dienone is 1. The highest BCUT2D eigenvalue weighted by atomic mass is 19.2. The zero-order chi connectivity index (χ0) is 26.9. The topological polar surface area (TPSA) is 93.1 Å². The molecular weight excluding hydrogens is 504 g/mol. The van der Waals surface area contributed by atoms with Gasteiger partial charge in [0.15, 0.2) is 17.3 Å². The minimum absolute atomic E-state index is 0.0457. The lowest BCUT2D eigenvalue weighted by molar-refractivity contribution is 0.0483. The molecule has 0 spiro atoms. The number of likely N-dealkylation sites (tertiary alicyclic amines) is 1. The summed E-state index contributed by atoms with van der Waals surface area (Å²) in [6.45, 7) is 0.906. The Morgan fingerprint density at radius 1 is 1.03 bits per heavy atom. The number of ether oxygens (including phenoxy) is 1. The summed E-state index contributed by atoms with van der Waals surface area (Å²) in [6.07, 6.45) is 6.75. The Balaban J connectivity index is 1.15. The average molecular weight is 532 g/mol. The van der Waals surface area contributed by atoms with Crippen LogP contribution in [-0.2, 0) is 11.2 Å². The van der Waals surface area contributed by atoms with Crippen molar-refractivity contribution in [3.8, 4) is 0 Å². The molecule has 1 unspecified atom stereocenters. The van der Waals surface area contributed by atoms with E-state index in [1.807, 2.05) is 18.2 Å². The number of imidazole rings is 1. The maximum absolute atomic E-state index is 14.3. The molecule has 0 saturated carbocycles.